The molecule has 128 valence electrons. The fourth-order valence-corrected chi connectivity index (χ4v) is 2.27. The van der Waals surface area contributed by atoms with Gasteiger partial charge < -0.3 is 15.2 Å². The number of nitrogens with one attached hydrogen (secondary N) is 1. The standard InChI is InChI=1S/C19H22FNO3/c1-14-7-2-5-11-18(14)24-13-17(22)19(23)21-12-6-9-15-8-3-4-10-16(15)20/h2-5,7-8,10-11,17,22H,6,9,12-13H2,1H3,(H,21,23). The molecule has 0 saturated carbocycles. The number of para-hydroxylation sites is 1. The summed E-state index contributed by atoms with van der Waals surface area (Å²) < 4.78 is 18.9. The second-order valence-corrected chi connectivity index (χ2v) is 5.58. The molecule has 0 aliphatic heterocycles. The summed E-state index contributed by atoms with van der Waals surface area (Å²) >= 11 is 0. The van der Waals surface area contributed by atoms with Crippen molar-refractivity contribution >= 4 is 5.91 Å². The van der Waals surface area contributed by atoms with Crippen LogP contribution < -0.4 is 10.1 Å². The van der Waals surface area contributed by atoms with Crippen LogP contribution in [0.15, 0.2) is 48.5 Å². The number of carbonyl (C=O) groups excluding carboxylic acids is 1. The monoisotopic (exact) mass is 331 g/mol. The fraction of sp³-hybridized carbons (Fsp3) is 0.316. The zero-order valence-electron chi connectivity index (χ0n) is 13.7. The van der Waals surface area contributed by atoms with Gasteiger partial charge in [-0.25, -0.2) is 4.39 Å². The predicted octanol–water partition coefficient (Wildman–Crippen LogP) is 2.62. The first kappa shape index (κ1) is 17.9. The third-order valence-electron chi connectivity index (χ3n) is 3.67. The molecule has 0 spiro atoms. The van der Waals surface area contributed by atoms with Gasteiger partial charge in [-0.15, -0.1) is 0 Å². The summed E-state index contributed by atoms with van der Waals surface area (Å²) in [5, 5.41) is 12.5. The summed E-state index contributed by atoms with van der Waals surface area (Å²) in [5.74, 6) is -0.0866. The fourth-order valence-electron chi connectivity index (χ4n) is 2.27. The van der Waals surface area contributed by atoms with Crippen LogP contribution >= 0.6 is 0 Å². The van der Waals surface area contributed by atoms with E-state index >= 15 is 0 Å². The lowest BCUT2D eigenvalue weighted by molar-refractivity contribution is -0.130. The minimum atomic E-state index is -1.24. The smallest absolute Gasteiger partial charge is 0.252 e. The van der Waals surface area contributed by atoms with Gasteiger partial charge >= 0.3 is 0 Å². The SMILES string of the molecule is Cc1ccccc1OCC(O)C(=O)NCCCc1ccccc1F. The molecular weight excluding hydrogens is 309 g/mol. The summed E-state index contributed by atoms with van der Waals surface area (Å²) in [4.78, 5) is 11.8. The van der Waals surface area contributed by atoms with E-state index in [0.717, 1.165) is 5.56 Å². The Balaban J connectivity index is 1.68. The van der Waals surface area contributed by atoms with Crippen LogP contribution in [-0.4, -0.2) is 30.3 Å². The maximum atomic E-state index is 13.5. The van der Waals surface area contributed by atoms with Crippen molar-refractivity contribution in [2.24, 2.45) is 0 Å². The first-order valence-electron chi connectivity index (χ1n) is 7.95. The summed E-state index contributed by atoms with van der Waals surface area (Å²) in [5.41, 5.74) is 1.56. The van der Waals surface area contributed by atoms with Crippen molar-refractivity contribution in [2.75, 3.05) is 13.2 Å². The van der Waals surface area contributed by atoms with E-state index in [1.54, 1.807) is 24.3 Å². The Labute approximate surface area is 141 Å². The molecule has 1 amide bonds. The van der Waals surface area contributed by atoms with E-state index in [1.807, 2.05) is 25.1 Å². The minimum absolute atomic E-state index is 0.107. The number of benzene rings is 2. The quantitative estimate of drug-likeness (QED) is 0.731. The van der Waals surface area contributed by atoms with Crippen LogP contribution in [0.5, 0.6) is 5.75 Å². The highest BCUT2D eigenvalue weighted by Crippen LogP contribution is 2.16. The van der Waals surface area contributed by atoms with Crippen LogP contribution in [0, 0.1) is 12.7 Å². The Hall–Kier alpha value is -2.40. The van der Waals surface area contributed by atoms with Crippen LogP contribution in [0.3, 0.4) is 0 Å². The number of aliphatic hydroxyl groups is 1. The molecule has 0 radical (unpaired) electrons. The largest absolute Gasteiger partial charge is 0.490 e. The number of hydrogen-bond donors (Lipinski definition) is 2. The Morgan fingerprint density at radius 2 is 1.92 bits per heavy atom. The summed E-state index contributed by atoms with van der Waals surface area (Å²) in [6, 6.07) is 14.0. The molecule has 0 aliphatic rings. The molecule has 1 atom stereocenters. The van der Waals surface area contributed by atoms with E-state index in [0.29, 0.717) is 30.7 Å². The number of halogens is 1. The maximum Gasteiger partial charge on any atom is 0.252 e. The lowest BCUT2D eigenvalue weighted by Crippen LogP contribution is -2.38. The van der Waals surface area contributed by atoms with E-state index in [2.05, 4.69) is 5.32 Å². The van der Waals surface area contributed by atoms with Crippen LogP contribution in [0.2, 0.25) is 0 Å². The Bertz CT molecular complexity index is 675. The van der Waals surface area contributed by atoms with E-state index in [9.17, 15) is 14.3 Å². The molecule has 0 aromatic heterocycles. The van der Waals surface area contributed by atoms with Gasteiger partial charge in [0.25, 0.3) is 5.91 Å². The number of carbonyl (C=O) groups is 1. The first-order chi connectivity index (χ1) is 11.6. The predicted molar refractivity (Wildman–Crippen MR) is 90.4 cm³/mol. The summed E-state index contributed by atoms with van der Waals surface area (Å²) in [7, 11) is 0. The van der Waals surface area contributed by atoms with Gasteiger partial charge in [-0.2, -0.15) is 0 Å². The van der Waals surface area contributed by atoms with Crippen molar-refractivity contribution in [3.8, 4) is 5.75 Å². The van der Waals surface area contributed by atoms with Crippen LogP contribution in [0.25, 0.3) is 0 Å². The average Bonchev–Trinajstić information content (AvgIpc) is 2.59. The van der Waals surface area contributed by atoms with Crippen molar-refractivity contribution in [3.05, 3.63) is 65.5 Å². The molecule has 24 heavy (non-hydrogen) atoms. The lowest BCUT2D eigenvalue weighted by atomic mass is 10.1. The van der Waals surface area contributed by atoms with Crippen LogP contribution in [-0.2, 0) is 11.2 Å². The molecule has 0 fully saturated rings. The molecule has 2 aromatic rings. The molecule has 0 aliphatic carbocycles. The van der Waals surface area contributed by atoms with Crippen molar-refractivity contribution in [2.45, 2.75) is 25.9 Å². The zero-order valence-corrected chi connectivity index (χ0v) is 13.7. The molecule has 1 unspecified atom stereocenters. The van der Waals surface area contributed by atoms with Gasteiger partial charge in [0.05, 0.1) is 0 Å². The molecule has 4 nitrogen and oxygen atoms in total. The van der Waals surface area contributed by atoms with Gasteiger partial charge in [0.2, 0.25) is 0 Å². The average molecular weight is 331 g/mol. The molecule has 0 bridgehead atoms. The number of aliphatic hydroxyl groups excluding tert-OH is 1. The van der Waals surface area contributed by atoms with E-state index < -0.39 is 12.0 Å². The van der Waals surface area contributed by atoms with Crippen molar-refractivity contribution in [1.82, 2.24) is 5.32 Å². The maximum absolute atomic E-state index is 13.5. The van der Waals surface area contributed by atoms with Gasteiger partial charge in [0.15, 0.2) is 6.10 Å². The third-order valence-corrected chi connectivity index (χ3v) is 3.67. The molecule has 5 heteroatoms. The van der Waals surface area contributed by atoms with Gasteiger partial charge in [0.1, 0.15) is 18.2 Å². The van der Waals surface area contributed by atoms with E-state index in [1.165, 1.54) is 6.07 Å². The van der Waals surface area contributed by atoms with Gasteiger partial charge in [-0.1, -0.05) is 36.4 Å². The Morgan fingerprint density at radius 1 is 1.21 bits per heavy atom. The Morgan fingerprint density at radius 3 is 2.67 bits per heavy atom. The summed E-state index contributed by atoms with van der Waals surface area (Å²) in [6.45, 7) is 2.16. The lowest BCUT2D eigenvalue weighted by Gasteiger charge is -2.14. The second-order valence-electron chi connectivity index (χ2n) is 5.58. The molecular formula is C19H22FNO3. The van der Waals surface area contributed by atoms with Gasteiger partial charge in [-0.3, -0.25) is 4.79 Å². The normalized spacial score (nSPS) is 11.8. The van der Waals surface area contributed by atoms with Gasteiger partial charge in [-0.05, 0) is 43.0 Å². The van der Waals surface area contributed by atoms with Crippen molar-refractivity contribution < 1.29 is 19.0 Å². The topological polar surface area (TPSA) is 58.6 Å². The zero-order chi connectivity index (χ0) is 17.4. The molecule has 0 saturated heterocycles. The Kier molecular flexibility index (Phi) is 6.75. The third kappa shape index (κ3) is 5.35. The highest BCUT2D eigenvalue weighted by atomic mass is 19.1. The number of ether oxygens (including phenoxy) is 1. The second kappa shape index (κ2) is 9.03. The van der Waals surface area contributed by atoms with Crippen molar-refractivity contribution in [3.63, 3.8) is 0 Å². The minimum Gasteiger partial charge on any atom is -0.490 e. The van der Waals surface area contributed by atoms with Crippen LogP contribution in [0.1, 0.15) is 17.5 Å². The molecule has 2 N–H and O–H groups in total. The van der Waals surface area contributed by atoms with E-state index in [-0.39, 0.29) is 12.4 Å². The van der Waals surface area contributed by atoms with E-state index in [4.69, 9.17) is 4.74 Å². The van der Waals surface area contributed by atoms with Crippen molar-refractivity contribution in [1.29, 1.82) is 0 Å². The molecule has 2 aromatic carbocycles. The number of aryl methyl sites for hydroxylation is 2. The van der Waals surface area contributed by atoms with Crippen LogP contribution in [0.4, 0.5) is 4.39 Å². The van der Waals surface area contributed by atoms with Gasteiger partial charge in [0, 0.05) is 6.54 Å². The number of hydrogen-bond acceptors (Lipinski definition) is 3. The molecule has 2 rings (SSSR count). The first-order valence-corrected chi connectivity index (χ1v) is 7.95. The number of rotatable bonds is 8. The highest BCUT2D eigenvalue weighted by Gasteiger charge is 2.15. The number of amides is 1. The summed E-state index contributed by atoms with van der Waals surface area (Å²) in [6.07, 6.45) is -0.112. The molecule has 0 heterocycles. The highest BCUT2D eigenvalue weighted by molar-refractivity contribution is 5.80.